The lowest BCUT2D eigenvalue weighted by atomic mass is 10.1. The highest BCUT2D eigenvalue weighted by Crippen LogP contribution is 2.33. The summed E-state index contributed by atoms with van der Waals surface area (Å²) in [5.41, 5.74) is 3.60. The van der Waals surface area contributed by atoms with Gasteiger partial charge in [0, 0.05) is 25.1 Å². The number of rotatable bonds is 10. The SMILES string of the molecule is Cc1cccc(C)c1OCC(=O)c1ccc2c(c1)N(CCCC(=O)NCc1ccc(F)cc1)C(=O)CO2. The largest absolute Gasteiger partial charge is 0.485 e. The highest BCUT2D eigenvalue weighted by molar-refractivity contribution is 6.02. The molecule has 7 nitrogen and oxygen atoms in total. The zero-order valence-corrected chi connectivity index (χ0v) is 20.9. The van der Waals surface area contributed by atoms with Crippen LogP contribution in [-0.4, -0.2) is 37.4 Å². The van der Waals surface area contributed by atoms with Crippen molar-refractivity contribution < 1.29 is 28.2 Å². The number of carbonyl (C=O) groups excluding carboxylic acids is 3. The summed E-state index contributed by atoms with van der Waals surface area (Å²) in [5.74, 6) is 0.237. The van der Waals surface area contributed by atoms with E-state index >= 15 is 0 Å². The van der Waals surface area contributed by atoms with Gasteiger partial charge in [0.2, 0.25) is 5.91 Å². The maximum atomic E-state index is 13.0. The normalized spacial score (nSPS) is 12.5. The van der Waals surface area contributed by atoms with Gasteiger partial charge in [-0.3, -0.25) is 14.4 Å². The molecule has 1 heterocycles. The van der Waals surface area contributed by atoms with E-state index in [-0.39, 0.29) is 43.0 Å². The lowest BCUT2D eigenvalue weighted by Gasteiger charge is -2.29. The number of para-hydroxylation sites is 1. The average molecular weight is 505 g/mol. The summed E-state index contributed by atoms with van der Waals surface area (Å²) in [4.78, 5) is 39.3. The van der Waals surface area contributed by atoms with Crippen molar-refractivity contribution in [1.29, 1.82) is 0 Å². The fourth-order valence-electron chi connectivity index (χ4n) is 4.16. The average Bonchev–Trinajstić information content (AvgIpc) is 2.89. The highest BCUT2D eigenvalue weighted by atomic mass is 19.1. The fourth-order valence-corrected chi connectivity index (χ4v) is 4.16. The Balaban J connectivity index is 1.35. The summed E-state index contributed by atoms with van der Waals surface area (Å²) in [5, 5.41) is 2.80. The lowest BCUT2D eigenvalue weighted by molar-refractivity contribution is -0.123. The van der Waals surface area contributed by atoms with Gasteiger partial charge in [0.05, 0.1) is 5.69 Å². The second-order valence-electron chi connectivity index (χ2n) is 8.96. The number of hydrogen-bond acceptors (Lipinski definition) is 5. The molecule has 37 heavy (non-hydrogen) atoms. The number of halogens is 1. The fraction of sp³-hybridized carbons (Fsp3) is 0.276. The topological polar surface area (TPSA) is 84.9 Å². The van der Waals surface area contributed by atoms with Gasteiger partial charge in [-0.25, -0.2) is 4.39 Å². The first-order valence-corrected chi connectivity index (χ1v) is 12.1. The molecule has 0 radical (unpaired) electrons. The van der Waals surface area contributed by atoms with E-state index < -0.39 is 0 Å². The van der Waals surface area contributed by atoms with Crippen LogP contribution in [0.3, 0.4) is 0 Å². The van der Waals surface area contributed by atoms with Crippen molar-refractivity contribution in [3.05, 3.63) is 88.7 Å². The van der Waals surface area contributed by atoms with E-state index in [0.29, 0.717) is 42.3 Å². The van der Waals surface area contributed by atoms with Gasteiger partial charge < -0.3 is 19.7 Å². The van der Waals surface area contributed by atoms with E-state index in [2.05, 4.69) is 5.32 Å². The van der Waals surface area contributed by atoms with Gasteiger partial charge >= 0.3 is 0 Å². The quantitative estimate of drug-likeness (QED) is 0.410. The zero-order valence-electron chi connectivity index (χ0n) is 20.9. The molecule has 0 spiro atoms. The molecule has 1 aliphatic rings. The van der Waals surface area contributed by atoms with Crippen LogP contribution < -0.4 is 19.7 Å². The van der Waals surface area contributed by atoms with Crippen LogP contribution in [0.25, 0.3) is 0 Å². The van der Waals surface area contributed by atoms with Gasteiger partial charge in [-0.1, -0.05) is 30.3 Å². The number of nitrogens with zero attached hydrogens (tertiary/aromatic N) is 1. The number of fused-ring (bicyclic) bond motifs is 1. The van der Waals surface area contributed by atoms with Crippen LogP contribution in [0, 0.1) is 19.7 Å². The summed E-state index contributed by atoms with van der Waals surface area (Å²) in [6.07, 6.45) is 0.637. The van der Waals surface area contributed by atoms with Crippen LogP contribution >= 0.6 is 0 Å². The van der Waals surface area contributed by atoms with Gasteiger partial charge in [-0.2, -0.15) is 0 Å². The van der Waals surface area contributed by atoms with Crippen molar-refractivity contribution in [1.82, 2.24) is 5.32 Å². The molecular formula is C29H29FN2O5. The van der Waals surface area contributed by atoms with E-state index in [0.717, 1.165) is 16.7 Å². The van der Waals surface area contributed by atoms with Crippen molar-refractivity contribution >= 4 is 23.3 Å². The van der Waals surface area contributed by atoms with Crippen LogP contribution in [0.15, 0.2) is 60.7 Å². The molecule has 8 heteroatoms. The number of amides is 2. The van der Waals surface area contributed by atoms with Gasteiger partial charge in [-0.05, 0) is 67.3 Å². The number of anilines is 1. The zero-order chi connectivity index (χ0) is 26.4. The number of hydrogen-bond donors (Lipinski definition) is 1. The van der Waals surface area contributed by atoms with Crippen molar-refractivity contribution in [2.75, 3.05) is 24.7 Å². The maximum Gasteiger partial charge on any atom is 0.265 e. The summed E-state index contributed by atoms with van der Waals surface area (Å²) in [7, 11) is 0. The second-order valence-corrected chi connectivity index (χ2v) is 8.96. The Morgan fingerprint density at radius 1 is 1.05 bits per heavy atom. The van der Waals surface area contributed by atoms with Crippen molar-refractivity contribution in [2.24, 2.45) is 0 Å². The van der Waals surface area contributed by atoms with Crippen LogP contribution in [0.2, 0.25) is 0 Å². The minimum absolute atomic E-state index is 0.104. The van der Waals surface area contributed by atoms with E-state index in [1.165, 1.54) is 12.1 Å². The molecule has 0 saturated carbocycles. The molecule has 3 aromatic rings. The van der Waals surface area contributed by atoms with Crippen molar-refractivity contribution in [2.45, 2.75) is 33.2 Å². The predicted octanol–water partition coefficient (Wildman–Crippen LogP) is 4.53. The van der Waals surface area contributed by atoms with Crippen molar-refractivity contribution in [3.63, 3.8) is 0 Å². The molecule has 0 bridgehead atoms. The van der Waals surface area contributed by atoms with Crippen LogP contribution in [-0.2, 0) is 16.1 Å². The Hall–Kier alpha value is -4.20. The molecule has 0 unspecified atom stereocenters. The summed E-state index contributed by atoms with van der Waals surface area (Å²) < 4.78 is 24.4. The summed E-state index contributed by atoms with van der Waals surface area (Å²) >= 11 is 0. The van der Waals surface area contributed by atoms with E-state index in [1.807, 2.05) is 32.0 Å². The van der Waals surface area contributed by atoms with Gasteiger partial charge in [0.1, 0.15) is 17.3 Å². The number of aryl methyl sites for hydroxylation is 2. The molecule has 1 N–H and O–H groups in total. The Morgan fingerprint density at radius 2 is 1.78 bits per heavy atom. The molecule has 0 aliphatic carbocycles. The highest BCUT2D eigenvalue weighted by Gasteiger charge is 2.26. The Morgan fingerprint density at radius 3 is 2.51 bits per heavy atom. The number of ether oxygens (including phenoxy) is 2. The van der Waals surface area contributed by atoms with Gasteiger partial charge in [0.25, 0.3) is 5.91 Å². The first-order valence-electron chi connectivity index (χ1n) is 12.1. The Bertz CT molecular complexity index is 1290. The maximum absolute atomic E-state index is 13.0. The molecule has 0 fully saturated rings. The predicted molar refractivity (Wildman–Crippen MR) is 138 cm³/mol. The number of Topliss-reactive ketones (excluding diaryl/α,β-unsaturated/α-hetero) is 1. The molecule has 0 aromatic heterocycles. The van der Waals surface area contributed by atoms with Gasteiger partial charge in [0.15, 0.2) is 19.0 Å². The molecule has 1 aliphatic heterocycles. The minimum Gasteiger partial charge on any atom is -0.485 e. The lowest BCUT2D eigenvalue weighted by Crippen LogP contribution is -2.40. The number of ketones is 1. The number of benzene rings is 3. The number of carbonyl (C=O) groups is 3. The monoisotopic (exact) mass is 504 g/mol. The van der Waals surface area contributed by atoms with Crippen LogP contribution in [0.5, 0.6) is 11.5 Å². The van der Waals surface area contributed by atoms with E-state index in [9.17, 15) is 18.8 Å². The smallest absolute Gasteiger partial charge is 0.265 e. The number of nitrogens with one attached hydrogen (secondary N) is 1. The standard InChI is InChI=1S/C29H29FN2O5/c1-19-5-3-6-20(2)29(19)37-17-25(33)22-10-13-26-24(15-22)32(28(35)18-36-26)14-4-7-27(34)31-16-21-8-11-23(30)12-9-21/h3,5-6,8-13,15H,4,7,14,16-18H2,1-2H3,(H,31,34). The minimum atomic E-state index is -0.329. The molecule has 192 valence electrons. The Kier molecular flexibility index (Phi) is 8.18. The molecule has 0 atom stereocenters. The van der Waals surface area contributed by atoms with E-state index in [1.54, 1.807) is 35.2 Å². The molecule has 2 amide bonds. The van der Waals surface area contributed by atoms with Crippen molar-refractivity contribution in [3.8, 4) is 11.5 Å². The summed E-state index contributed by atoms with van der Waals surface area (Å²) in [6.45, 7) is 4.22. The van der Waals surface area contributed by atoms with Crippen LogP contribution in [0.4, 0.5) is 10.1 Å². The first-order chi connectivity index (χ1) is 17.8. The molecule has 0 saturated heterocycles. The first kappa shape index (κ1) is 25.9. The van der Waals surface area contributed by atoms with Gasteiger partial charge in [-0.15, -0.1) is 0 Å². The third-order valence-electron chi connectivity index (χ3n) is 6.17. The van der Waals surface area contributed by atoms with Crippen LogP contribution in [0.1, 0.15) is 39.9 Å². The third-order valence-corrected chi connectivity index (χ3v) is 6.17. The molecular weight excluding hydrogens is 475 g/mol. The third kappa shape index (κ3) is 6.52. The molecule has 4 rings (SSSR count). The van der Waals surface area contributed by atoms with E-state index in [4.69, 9.17) is 9.47 Å². The summed E-state index contributed by atoms with van der Waals surface area (Å²) in [6, 6.07) is 16.7. The Labute approximate surface area is 215 Å². The second kappa shape index (κ2) is 11.7. The molecule has 3 aromatic carbocycles.